The van der Waals surface area contributed by atoms with E-state index in [1.54, 1.807) is 0 Å². The minimum absolute atomic E-state index is 0.133. The van der Waals surface area contributed by atoms with Gasteiger partial charge in [0, 0.05) is 19.7 Å². The first-order valence-electron chi connectivity index (χ1n) is 6.31. The molecule has 0 aliphatic carbocycles. The topological polar surface area (TPSA) is 42.7 Å². The summed E-state index contributed by atoms with van der Waals surface area (Å²) in [6.45, 7) is 4.00. The molecule has 0 saturated carbocycles. The molecule has 2 rings (SSSR count). The van der Waals surface area contributed by atoms with Crippen molar-refractivity contribution in [1.82, 2.24) is 20.1 Å². The lowest BCUT2D eigenvalue weighted by molar-refractivity contribution is 0.546. The van der Waals surface area contributed by atoms with Gasteiger partial charge in [0.1, 0.15) is 0 Å². The predicted molar refractivity (Wildman–Crippen MR) is 77.4 cm³/mol. The van der Waals surface area contributed by atoms with Gasteiger partial charge in [-0.3, -0.25) is 9.67 Å². The third kappa shape index (κ3) is 2.80. The number of nitrogens with one attached hydrogen (secondary N) is 1. The van der Waals surface area contributed by atoms with Crippen LogP contribution in [0, 0.1) is 13.8 Å². The summed E-state index contributed by atoms with van der Waals surface area (Å²) >= 11 is 6.31. The van der Waals surface area contributed by atoms with Crippen molar-refractivity contribution in [2.24, 2.45) is 7.05 Å². The summed E-state index contributed by atoms with van der Waals surface area (Å²) in [7, 11) is 3.86. The third-order valence-corrected chi connectivity index (χ3v) is 3.88. The highest BCUT2D eigenvalue weighted by atomic mass is 35.5. The Labute approximate surface area is 118 Å². The Kier molecular flexibility index (Phi) is 4.22. The van der Waals surface area contributed by atoms with E-state index in [1.165, 1.54) is 5.56 Å². The number of likely N-dealkylation sites (N-methyl/N-ethyl adjacent to an activating group) is 1. The van der Waals surface area contributed by atoms with Crippen LogP contribution in [-0.2, 0) is 13.5 Å². The summed E-state index contributed by atoms with van der Waals surface area (Å²) in [6.07, 6.45) is 2.59. The van der Waals surface area contributed by atoms with Gasteiger partial charge in [-0.05, 0) is 32.5 Å². The molecule has 0 fully saturated rings. The molecule has 2 aromatic rings. The first-order valence-corrected chi connectivity index (χ1v) is 6.69. The van der Waals surface area contributed by atoms with Gasteiger partial charge < -0.3 is 5.32 Å². The highest BCUT2D eigenvalue weighted by Gasteiger charge is 2.19. The molecule has 2 aromatic heterocycles. The maximum absolute atomic E-state index is 6.31. The van der Waals surface area contributed by atoms with Crippen molar-refractivity contribution in [2.75, 3.05) is 7.05 Å². The van der Waals surface area contributed by atoms with E-state index in [9.17, 15) is 0 Å². The summed E-state index contributed by atoms with van der Waals surface area (Å²) in [5, 5.41) is 8.41. The van der Waals surface area contributed by atoms with Crippen LogP contribution in [-0.4, -0.2) is 21.8 Å². The van der Waals surface area contributed by atoms with E-state index in [-0.39, 0.29) is 6.04 Å². The predicted octanol–water partition coefficient (Wildman–Crippen LogP) is 2.59. The smallest absolute Gasteiger partial charge is 0.0847 e. The SMILES string of the molecule is CNC(Cc1c(Cl)c(C)nn1C)c1ncccc1C. The van der Waals surface area contributed by atoms with Crippen molar-refractivity contribution < 1.29 is 0 Å². The molecule has 0 radical (unpaired) electrons. The molecule has 1 N–H and O–H groups in total. The highest BCUT2D eigenvalue weighted by Crippen LogP contribution is 2.25. The summed E-state index contributed by atoms with van der Waals surface area (Å²) in [4.78, 5) is 4.48. The van der Waals surface area contributed by atoms with Gasteiger partial charge in [0.05, 0.1) is 28.1 Å². The number of hydrogen-bond donors (Lipinski definition) is 1. The first kappa shape index (κ1) is 14.0. The van der Waals surface area contributed by atoms with Gasteiger partial charge in [-0.15, -0.1) is 0 Å². The molecule has 0 bridgehead atoms. The minimum Gasteiger partial charge on any atom is -0.311 e. The Morgan fingerprint density at radius 3 is 2.68 bits per heavy atom. The average Bonchev–Trinajstić information content (AvgIpc) is 2.63. The Hall–Kier alpha value is -1.39. The van der Waals surface area contributed by atoms with Crippen LogP contribution < -0.4 is 5.32 Å². The van der Waals surface area contributed by atoms with E-state index < -0.39 is 0 Å². The molecule has 2 heterocycles. The van der Waals surface area contributed by atoms with Gasteiger partial charge in [0.25, 0.3) is 0 Å². The lowest BCUT2D eigenvalue weighted by Gasteiger charge is -2.18. The number of pyridine rings is 1. The number of hydrogen-bond acceptors (Lipinski definition) is 3. The summed E-state index contributed by atoms with van der Waals surface area (Å²) in [6, 6.07) is 4.16. The van der Waals surface area contributed by atoms with Gasteiger partial charge in [0.2, 0.25) is 0 Å². The van der Waals surface area contributed by atoms with E-state index in [0.29, 0.717) is 0 Å². The summed E-state index contributed by atoms with van der Waals surface area (Å²) in [5.74, 6) is 0. The molecule has 5 heteroatoms. The fraction of sp³-hybridized carbons (Fsp3) is 0.429. The molecule has 0 amide bonds. The van der Waals surface area contributed by atoms with Crippen LogP contribution in [0.1, 0.15) is 28.7 Å². The fourth-order valence-corrected chi connectivity index (χ4v) is 2.53. The summed E-state index contributed by atoms with van der Waals surface area (Å²) in [5.41, 5.74) is 4.13. The van der Waals surface area contributed by atoms with E-state index >= 15 is 0 Å². The van der Waals surface area contributed by atoms with Crippen molar-refractivity contribution in [1.29, 1.82) is 0 Å². The van der Waals surface area contributed by atoms with E-state index in [4.69, 9.17) is 11.6 Å². The van der Waals surface area contributed by atoms with Gasteiger partial charge >= 0.3 is 0 Å². The maximum Gasteiger partial charge on any atom is 0.0847 e. The van der Waals surface area contributed by atoms with Gasteiger partial charge in [0.15, 0.2) is 0 Å². The molecule has 0 aliphatic heterocycles. The van der Waals surface area contributed by atoms with Gasteiger partial charge in [-0.2, -0.15) is 5.10 Å². The van der Waals surface area contributed by atoms with Crippen LogP contribution in [0.5, 0.6) is 0 Å². The fourth-order valence-electron chi connectivity index (χ4n) is 2.29. The van der Waals surface area contributed by atoms with Gasteiger partial charge in [-0.1, -0.05) is 17.7 Å². The molecule has 1 unspecified atom stereocenters. The number of aryl methyl sites for hydroxylation is 3. The zero-order chi connectivity index (χ0) is 14.0. The molecule has 4 nitrogen and oxygen atoms in total. The molecule has 0 aliphatic rings. The third-order valence-electron chi connectivity index (χ3n) is 3.39. The average molecular weight is 279 g/mol. The lowest BCUT2D eigenvalue weighted by atomic mass is 10.0. The van der Waals surface area contributed by atoms with E-state index in [0.717, 1.165) is 28.5 Å². The minimum atomic E-state index is 0.133. The second-order valence-electron chi connectivity index (χ2n) is 4.72. The van der Waals surface area contributed by atoms with Crippen molar-refractivity contribution in [3.05, 3.63) is 46.0 Å². The van der Waals surface area contributed by atoms with Crippen LogP contribution in [0.4, 0.5) is 0 Å². The van der Waals surface area contributed by atoms with Crippen molar-refractivity contribution in [2.45, 2.75) is 26.3 Å². The van der Waals surface area contributed by atoms with Crippen LogP contribution in [0.2, 0.25) is 5.02 Å². The number of rotatable bonds is 4. The molecule has 0 spiro atoms. The normalized spacial score (nSPS) is 12.7. The largest absolute Gasteiger partial charge is 0.311 e. The van der Waals surface area contributed by atoms with E-state index in [2.05, 4.69) is 28.4 Å². The van der Waals surface area contributed by atoms with Crippen molar-refractivity contribution >= 4 is 11.6 Å². The first-order chi connectivity index (χ1) is 9.04. The Morgan fingerprint density at radius 1 is 1.42 bits per heavy atom. The molecule has 1 atom stereocenters. The maximum atomic E-state index is 6.31. The molecule has 0 aromatic carbocycles. The molecular weight excluding hydrogens is 260 g/mol. The number of aromatic nitrogens is 3. The number of halogens is 1. The second-order valence-corrected chi connectivity index (χ2v) is 5.10. The zero-order valence-corrected chi connectivity index (χ0v) is 12.5. The number of nitrogens with zero attached hydrogens (tertiary/aromatic N) is 3. The van der Waals surface area contributed by atoms with E-state index in [1.807, 2.05) is 38.0 Å². The zero-order valence-electron chi connectivity index (χ0n) is 11.7. The van der Waals surface area contributed by atoms with Crippen LogP contribution in [0.3, 0.4) is 0 Å². The Bertz CT molecular complexity index is 577. The molecule has 0 saturated heterocycles. The standard InChI is InChI=1S/C14H19ClN4/c1-9-6-5-7-17-14(9)11(16-3)8-12-13(15)10(2)18-19(12)4/h5-7,11,16H,8H2,1-4H3. The Morgan fingerprint density at radius 2 is 2.16 bits per heavy atom. The molecular formula is C14H19ClN4. The Balaban J connectivity index is 2.32. The van der Waals surface area contributed by atoms with Crippen LogP contribution >= 0.6 is 11.6 Å². The van der Waals surface area contributed by atoms with Crippen LogP contribution in [0.15, 0.2) is 18.3 Å². The molecule has 19 heavy (non-hydrogen) atoms. The highest BCUT2D eigenvalue weighted by molar-refractivity contribution is 6.31. The second kappa shape index (κ2) is 5.72. The monoisotopic (exact) mass is 278 g/mol. The lowest BCUT2D eigenvalue weighted by Crippen LogP contribution is -2.22. The van der Waals surface area contributed by atoms with Gasteiger partial charge in [-0.25, -0.2) is 0 Å². The van der Waals surface area contributed by atoms with Crippen molar-refractivity contribution in [3.8, 4) is 0 Å². The molecule has 102 valence electrons. The quantitative estimate of drug-likeness (QED) is 0.935. The van der Waals surface area contributed by atoms with Crippen molar-refractivity contribution in [3.63, 3.8) is 0 Å². The van der Waals surface area contributed by atoms with Crippen LogP contribution in [0.25, 0.3) is 0 Å². The summed E-state index contributed by atoms with van der Waals surface area (Å²) < 4.78 is 1.85.